The molecule has 1 amide bonds. The molecule has 0 saturated carbocycles. The fourth-order valence-corrected chi connectivity index (χ4v) is 4.62. The summed E-state index contributed by atoms with van der Waals surface area (Å²) in [6, 6.07) is 11.8. The van der Waals surface area contributed by atoms with Crippen LogP contribution in [0.2, 0.25) is 0 Å². The third-order valence-corrected chi connectivity index (χ3v) is 5.64. The SMILES string of the molecule is Cc1cccc(-n2nnnc2SCC(=O)Nc2c(Br)cc(C)cc2Br)c1. The molecule has 1 N–H and O–H groups in total. The summed E-state index contributed by atoms with van der Waals surface area (Å²) in [4.78, 5) is 12.3. The van der Waals surface area contributed by atoms with Gasteiger partial charge in [0.15, 0.2) is 0 Å². The Morgan fingerprint density at radius 3 is 2.58 bits per heavy atom. The lowest BCUT2D eigenvalue weighted by Crippen LogP contribution is -2.15. The molecule has 0 saturated heterocycles. The Labute approximate surface area is 172 Å². The molecule has 6 nitrogen and oxygen atoms in total. The van der Waals surface area contributed by atoms with Gasteiger partial charge in [-0.15, -0.1) is 5.10 Å². The molecule has 0 atom stereocenters. The summed E-state index contributed by atoms with van der Waals surface area (Å²) >= 11 is 8.24. The molecule has 134 valence electrons. The van der Waals surface area contributed by atoms with Crippen molar-refractivity contribution in [1.82, 2.24) is 20.2 Å². The van der Waals surface area contributed by atoms with Crippen molar-refractivity contribution in [3.8, 4) is 5.69 Å². The van der Waals surface area contributed by atoms with Crippen LogP contribution in [0.25, 0.3) is 5.69 Å². The lowest BCUT2D eigenvalue weighted by atomic mass is 10.2. The number of amides is 1. The van der Waals surface area contributed by atoms with Crippen molar-refractivity contribution in [1.29, 1.82) is 0 Å². The van der Waals surface area contributed by atoms with E-state index in [9.17, 15) is 4.79 Å². The molecule has 1 heterocycles. The Morgan fingerprint density at radius 2 is 1.88 bits per heavy atom. The van der Waals surface area contributed by atoms with E-state index in [4.69, 9.17) is 0 Å². The van der Waals surface area contributed by atoms with Gasteiger partial charge in [-0.1, -0.05) is 23.9 Å². The number of rotatable bonds is 5. The number of hydrogen-bond donors (Lipinski definition) is 1. The van der Waals surface area contributed by atoms with Crippen molar-refractivity contribution in [2.45, 2.75) is 19.0 Å². The number of halogens is 2. The highest BCUT2D eigenvalue weighted by atomic mass is 79.9. The van der Waals surface area contributed by atoms with Crippen LogP contribution >= 0.6 is 43.6 Å². The van der Waals surface area contributed by atoms with Crippen molar-refractivity contribution < 1.29 is 4.79 Å². The second kappa shape index (κ2) is 8.32. The first kappa shape index (κ1) is 19.1. The first-order valence-corrected chi connectivity index (χ1v) is 10.2. The number of anilines is 1. The average molecular weight is 497 g/mol. The molecule has 26 heavy (non-hydrogen) atoms. The van der Waals surface area contributed by atoms with Gasteiger partial charge in [-0.05, 0) is 91.5 Å². The first-order valence-electron chi connectivity index (χ1n) is 7.68. The summed E-state index contributed by atoms with van der Waals surface area (Å²) in [5.41, 5.74) is 3.77. The number of aryl methyl sites for hydroxylation is 2. The second-order valence-corrected chi connectivity index (χ2v) is 8.30. The summed E-state index contributed by atoms with van der Waals surface area (Å²) in [5.74, 6) is 0.0536. The molecule has 3 rings (SSSR count). The minimum atomic E-state index is -0.140. The summed E-state index contributed by atoms with van der Waals surface area (Å²) < 4.78 is 3.28. The standard InChI is InChI=1S/C17H15Br2N5OS/c1-10-4-3-5-12(6-10)24-17(21-22-23-24)26-9-15(25)20-16-13(18)7-11(2)8-14(16)19/h3-8H,9H2,1-2H3,(H,20,25). The van der Waals surface area contributed by atoms with Crippen molar-refractivity contribution >= 4 is 55.2 Å². The lowest BCUT2D eigenvalue weighted by Gasteiger charge is -2.10. The highest BCUT2D eigenvalue weighted by Crippen LogP contribution is 2.32. The van der Waals surface area contributed by atoms with Crippen LogP contribution < -0.4 is 5.32 Å². The third kappa shape index (κ3) is 4.52. The number of thioether (sulfide) groups is 1. The van der Waals surface area contributed by atoms with Crippen LogP contribution in [0, 0.1) is 13.8 Å². The van der Waals surface area contributed by atoms with E-state index in [1.807, 2.05) is 50.2 Å². The monoisotopic (exact) mass is 495 g/mol. The molecule has 0 aliphatic carbocycles. The van der Waals surface area contributed by atoms with Crippen LogP contribution in [-0.4, -0.2) is 31.9 Å². The topological polar surface area (TPSA) is 72.7 Å². The van der Waals surface area contributed by atoms with E-state index in [1.165, 1.54) is 11.8 Å². The molecule has 0 unspecified atom stereocenters. The molecule has 3 aromatic rings. The van der Waals surface area contributed by atoms with E-state index in [0.29, 0.717) is 10.8 Å². The average Bonchev–Trinajstić information content (AvgIpc) is 3.05. The van der Waals surface area contributed by atoms with E-state index >= 15 is 0 Å². The minimum Gasteiger partial charge on any atom is -0.323 e. The number of carbonyl (C=O) groups excluding carboxylic acids is 1. The predicted octanol–water partition coefficient (Wildman–Crippen LogP) is 4.53. The smallest absolute Gasteiger partial charge is 0.234 e. The molecule has 0 aliphatic heterocycles. The predicted molar refractivity (Wildman–Crippen MR) is 110 cm³/mol. The third-order valence-electron chi connectivity index (χ3n) is 3.47. The van der Waals surface area contributed by atoms with Crippen molar-refractivity contribution in [3.63, 3.8) is 0 Å². The number of benzene rings is 2. The second-order valence-electron chi connectivity index (χ2n) is 5.65. The van der Waals surface area contributed by atoms with Crippen molar-refractivity contribution in [2.75, 3.05) is 11.1 Å². The number of hydrogen-bond acceptors (Lipinski definition) is 5. The van der Waals surface area contributed by atoms with Crippen LogP contribution in [0.5, 0.6) is 0 Å². The Hall–Kier alpha value is -1.71. The molecular formula is C17H15Br2N5OS. The normalized spacial score (nSPS) is 10.8. The molecule has 0 radical (unpaired) electrons. The van der Waals surface area contributed by atoms with E-state index in [-0.39, 0.29) is 11.7 Å². The largest absolute Gasteiger partial charge is 0.323 e. The van der Waals surface area contributed by atoms with Crippen LogP contribution in [-0.2, 0) is 4.79 Å². The van der Waals surface area contributed by atoms with Gasteiger partial charge in [0.25, 0.3) is 0 Å². The zero-order chi connectivity index (χ0) is 18.7. The van der Waals surface area contributed by atoms with Gasteiger partial charge in [-0.2, -0.15) is 4.68 Å². The molecule has 9 heteroatoms. The molecule has 1 aromatic heterocycles. The van der Waals surface area contributed by atoms with Gasteiger partial charge in [0, 0.05) is 8.95 Å². The van der Waals surface area contributed by atoms with Gasteiger partial charge >= 0.3 is 0 Å². The highest BCUT2D eigenvalue weighted by Gasteiger charge is 2.14. The maximum atomic E-state index is 12.3. The minimum absolute atomic E-state index is 0.140. The molecule has 0 bridgehead atoms. The molecule has 2 aromatic carbocycles. The Kier molecular flexibility index (Phi) is 6.10. The quantitative estimate of drug-likeness (QED) is 0.525. The van der Waals surface area contributed by atoms with Crippen molar-refractivity contribution in [3.05, 3.63) is 56.5 Å². The van der Waals surface area contributed by atoms with E-state index in [2.05, 4.69) is 52.7 Å². The molecule has 0 aliphatic rings. The van der Waals surface area contributed by atoms with Gasteiger partial charge in [0.1, 0.15) is 0 Å². The Morgan fingerprint density at radius 1 is 1.15 bits per heavy atom. The fraction of sp³-hybridized carbons (Fsp3) is 0.176. The number of carbonyl (C=O) groups is 1. The first-order chi connectivity index (χ1) is 12.4. The molecule has 0 spiro atoms. The number of nitrogens with one attached hydrogen (secondary N) is 1. The van der Waals surface area contributed by atoms with Gasteiger partial charge < -0.3 is 5.32 Å². The Balaban J connectivity index is 1.69. The summed E-state index contributed by atoms with van der Waals surface area (Å²) in [7, 11) is 0. The van der Waals surface area contributed by atoms with Crippen LogP contribution in [0.4, 0.5) is 5.69 Å². The fourth-order valence-electron chi connectivity index (χ4n) is 2.32. The summed E-state index contributed by atoms with van der Waals surface area (Å²) in [6.45, 7) is 3.99. The maximum Gasteiger partial charge on any atom is 0.234 e. The van der Waals surface area contributed by atoms with E-state index < -0.39 is 0 Å². The van der Waals surface area contributed by atoms with E-state index in [1.54, 1.807) is 4.68 Å². The molecule has 0 fully saturated rings. The van der Waals surface area contributed by atoms with Crippen LogP contribution in [0.3, 0.4) is 0 Å². The summed E-state index contributed by atoms with van der Waals surface area (Å²) in [6.07, 6.45) is 0. The van der Waals surface area contributed by atoms with Gasteiger partial charge in [-0.25, -0.2) is 0 Å². The van der Waals surface area contributed by atoms with E-state index in [0.717, 1.165) is 25.8 Å². The van der Waals surface area contributed by atoms with Gasteiger partial charge in [0.2, 0.25) is 11.1 Å². The highest BCUT2D eigenvalue weighted by molar-refractivity contribution is 9.11. The van der Waals surface area contributed by atoms with Crippen molar-refractivity contribution in [2.24, 2.45) is 0 Å². The van der Waals surface area contributed by atoms with Gasteiger partial charge in [-0.3, -0.25) is 4.79 Å². The zero-order valence-electron chi connectivity index (χ0n) is 14.0. The number of nitrogens with zero attached hydrogens (tertiary/aromatic N) is 4. The molecular weight excluding hydrogens is 482 g/mol. The summed E-state index contributed by atoms with van der Waals surface area (Å²) in [5, 5.41) is 15.2. The number of aromatic nitrogens is 4. The van der Waals surface area contributed by atoms with Crippen LogP contribution in [0.15, 0.2) is 50.5 Å². The number of tetrazole rings is 1. The lowest BCUT2D eigenvalue weighted by molar-refractivity contribution is -0.113. The van der Waals surface area contributed by atoms with Crippen LogP contribution in [0.1, 0.15) is 11.1 Å². The zero-order valence-corrected chi connectivity index (χ0v) is 18.0. The Bertz CT molecular complexity index is 937. The maximum absolute atomic E-state index is 12.3. The van der Waals surface area contributed by atoms with Gasteiger partial charge in [0.05, 0.1) is 17.1 Å².